The van der Waals surface area contributed by atoms with Gasteiger partial charge in [0, 0.05) is 31.9 Å². The fourth-order valence-corrected chi connectivity index (χ4v) is 1.56. The van der Waals surface area contributed by atoms with E-state index in [-0.39, 0.29) is 0 Å². The van der Waals surface area contributed by atoms with Gasteiger partial charge in [-0.05, 0) is 26.5 Å². The molecule has 1 fully saturated rings. The summed E-state index contributed by atoms with van der Waals surface area (Å²) in [6, 6.07) is 0. The van der Waals surface area contributed by atoms with Gasteiger partial charge in [0.15, 0.2) is 0 Å². The number of rotatable bonds is 3. The summed E-state index contributed by atoms with van der Waals surface area (Å²) in [5.74, 6) is 0.876. The molecule has 0 aromatic heterocycles. The molecule has 0 spiro atoms. The Balaban J connectivity index is 2.39. The zero-order valence-electron chi connectivity index (χ0n) is 9.74. The Labute approximate surface area is 92.2 Å². The van der Waals surface area contributed by atoms with Crippen molar-refractivity contribution in [2.75, 3.05) is 33.2 Å². The molecule has 0 radical (unpaired) electrons. The summed E-state index contributed by atoms with van der Waals surface area (Å²) in [6.45, 7) is 6.09. The Kier molecular flexibility index (Phi) is 4.49. The van der Waals surface area contributed by atoms with Crippen molar-refractivity contribution >= 4 is 0 Å². The minimum atomic E-state index is 0.820. The second-order valence-corrected chi connectivity index (χ2v) is 4.10. The van der Waals surface area contributed by atoms with Crippen molar-refractivity contribution in [2.24, 2.45) is 11.5 Å². The Morgan fingerprint density at radius 1 is 1.13 bits per heavy atom. The summed E-state index contributed by atoms with van der Waals surface area (Å²) in [5.41, 5.74) is 12.4. The second-order valence-electron chi connectivity index (χ2n) is 4.10. The van der Waals surface area contributed by atoms with Crippen LogP contribution in [0.5, 0.6) is 0 Å². The molecule has 1 aliphatic heterocycles. The maximum absolute atomic E-state index is 5.98. The molecule has 4 nitrogen and oxygen atoms in total. The Morgan fingerprint density at radius 3 is 2.27 bits per heavy atom. The SMILES string of the molecule is C/C(N)=C/C/C=C(\N)N1CCN(C)CC1. The smallest absolute Gasteiger partial charge is 0.0949 e. The maximum atomic E-state index is 5.98. The number of hydrogen-bond acceptors (Lipinski definition) is 4. The lowest BCUT2D eigenvalue weighted by atomic mass is 10.3. The largest absolute Gasteiger partial charge is 0.403 e. The van der Waals surface area contributed by atoms with Crippen LogP contribution in [-0.2, 0) is 0 Å². The highest BCUT2D eigenvalue weighted by Crippen LogP contribution is 2.05. The summed E-state index contributed by atoms with van der Waals surface area (Å²) in [4.78, 5) is 4.54. The van der Waals surface area contributed by atoms with Gasteiger partial charge in [0.05, 0.1) is 5.82 Å². The second kappa shape index (κ2) is 5.66. The average molecular weight is 210 g/mol. The van der Waals surface area contributed by atoms with Crippen molar-refractivity contribution in [3.8, 4) is 0 Å². The van der Waals surface area contributed by atoms with Crippen LogP contribution in [0.4, 0.5) is 0 Å². The molecule has 4 heteroatoms. The zero-order valence-corrected chi connectivity index (χ0v) is 9.74. The van der Waals surface area contributed by atoms with Crippen molar-refractivity contribution in [1.29, 1.82) is 0 Å². The number of likely N-dealkylation sites (N-methyl/N-ethyl adjacent to an activating group) is 1. The minimum absolute atomic E-state index is 0.820. The van der Waals surface area contributed by atoms with Crippen molar-refractivity contribution in [2.45, 2.75) is 13.3 Å². The summed E-state index contributed by atoms with van der Waals surface area (Å²) >= 11 is 0. The number of piperazine rings is 1. The highest BCUT2D eigenvalue weighted by Gasteiger charge is 2.13. The summed E-state index contributed by atoms with van der Waals surface area (Å²) in [5, 5.41) is 0. The standard InChI is InChI=1S/C11H22N4/c1-10(12)4-3-5-11(13)15-8-6-14(2)7-9-15/h4-5H,3,6-9,12-13H2,1-2H3/b10-4-,11-5+. The summed E-state index contributed by atoms with van der Waals surface area (Å²) in [7, 11) is 2.14. The molecular weight excluding hydrogens is 188 g/mol. The van der Waals surface area contributed by atoms with Gasteiger partial charge in [0.2, 0.25) is 0 Å². The third kappa shape index (κ3) is 4.25. The van der Waals surface area contributed by atoms with E-state index in [0.29, 0.717) is 0 Å². The molecular formula is C11H22N4. The molecule has 1 rings (SSSR count). The summed E-state index contributed by atoms with van der Waals surface area (Å²) < 4.78 is 0. The molecule has 0 unspecified atom stereocenters. The van der Waals surface area contributed by atoms with Crippen LogP contribution in [0.25, 0.3) is 0 Å². The highest BCUT2D eigenvalue weighted by atomic mass is 15.3. The van der Waals surface area contributed by atoms with Crippen LogP contribution in [0.2, 0.25) is 0 Å². The highest BCUT2D eigenvalue weighted by molar-refractivity contribution is 5.04. The lowest BCUT2D eigenvalue weighted by Crippen LogP contribution is -2.45. The van der Waals surface area contributed by atoms with Crippen molar-refractivity contribution in [3.05, 3.63) is 23.7 Å². The van der Waals surface area contributed by atoms with Gasteiger partial charge in [-0.2, -0.15) is 0 Å². The first-order valence-electron chi connectivity index (χ1n) is 5.41. The van der Waals surface area contributed by atoms with Gasteiger partial charge in [0.1, 0.15) is 0 Å². The number of nitrogens with two attached hydrogens (primary N) is 2. The lowest BCUT2D eigenvalue weighted by Gasteiger charge is -2.34. The fraction of sp³-hybridized carbons (Fsp3) is 0.636. The molecule has 86 valence electrons. The van der Waals surface area contributed by atoms with Crippen LogP contribution in [0.1, 0.15) is 13.3 Å². The third-order valence-electron chi connectivity index (χ3n) is 2.64. The van der Waals surface area contributed by atoms with Gasteiger partial charge < -0.3 is 21.3 Å². The van der Waals surface area contributed by atoms with Gasteiger partial charge in [-0.15, -0.1) is 0 Å². The van der Waals surface area contributed by atoms with E-state index in [2.05, 4.69) is 16.8 Å². The van der Waals surface area contributed by atoms with E-state index in [0.717, 1.165) is 44.1 Å². The average Bonchev–Trinajstić information content (AvgIpc) is 2.18. The topological polar surface area (TPSA) is 58.5 Å². The van der Waals surface area contributed by atoms with Gasteiger partial charge in [-0.25, -0.2) is 0 Å². The van der Waals surface area contributed by atoms with E-state index < -0.39 is 0 Å². The molecule has 1 aliphatic rings. The molecule has 0 saturated carbocycles. The normalized spacial score (nSPS) is 20.8. The molecule has 15 heavy (non-hydrogen) atoms. The number of nitrogens with zero attached hydrogens (tertiary/aromatic N) is 2. The van der Waals surface area contributed by atoms with E-state index in [1.165, 1.54) is 0 Å². The predicted octanol–water partition coefficient (Wildman–Crippen LogP) is 0.287. The van der Waals surface area contributed by atoms with Crippen molar-refractivity contribution < 1.29 is 0 Å². The number of allylic oxidation sites excluding steroid dienone is 3. The third-order valence-corrected chi connectivity index (χ3v) is 2.64. The molecule has 1 heterocycles. The molecule has 1 saturated heterocycles. The first-order valence-corrected chi connectivity index (χ1v) is 5.41. The first-order chi connectivity index (χ1) is 7.09. The van der Waals surface area contributed by atoms with Crippen LogP contribution in [0, 0.1) is 0 Å². The van der Waals surface area contributed by atoms with E-state index in [1.807, 2.05) is 19.1 Å². The van der Waals surface area contributed by atoms with Crippen molar-refractivity contribution in [3.63, 3.8) is 0 Å². The van der Waals surface area contributed by atoms with Gasteiger partial charge in [-0.1, -0.05) is 6.08 Å². The Hall–Kier alpha value is -1.16. The zero-order chi connectivity index (χ0) is 11.3. The van der Waals surface area contributed by atoms with Crippen LogP contribution in [0.3, 0.4) is 0 Å². The molecule has 0 aromatic carbocycles. The van der Waals surface area contributed by atoms with E-state index in [1.54, 1.807) is 0 Å². The summed E-state index contributed by atoms with van der Waals surface area (Å²) in [6.07, 6.45) is 4.82. The van der Waals surface area contributed by atoms with Crippen LogP contribution < -0.4 is 11.5 Å². The van der Waals surface area contributed by atoms with Gasteiger partial charge >= 0.3 is 0 Å². The molecule has 4 N–H and O–H groups in total. The minimum Gasteiger partial charge on any atom is -0.403 e. The van der Waals surface area contributed by atoms with Crippen LogP contribution in [-0.4, -0.2) is 43.0 Å². The predicted molar refractivity (Wildman–Crippen MR) is 63.9 cm³/mol. The lowest BCUT2D eigenvalue weighted by molar-refractivity contribution is 0.184. The van der Waals surface area contributed by atoms with Gasteiger partial charge in [0.25, 0.3) is 0 Å². The van der Waals surface area contributed by atoms with Crippen LogP contribution >= 0.6 is 0 Å². The molecule has 0 aliphatic carbocycles. The Bertz CT molecular complexity index is 245. The fourth-order valence-electron chi connectivity index (χ4n) is 1.56. The number of hydrogen-bond donors (Lipinski definition) is 2. The van der Waals surface area contributed by atoms with E-state index >= 15 is 0 Å². The monoisotopic (exact) mass is 210 g/mol. The molecule has 0 atom stereocenters. The molecule has 0 bridgehead atoms. The van der Waals surface area contributed by atoms with E-state index in [9.17, 15) is 0 Å². The van der Waals surface area contributed by atoms with Crippen molar-refractivity contribution in [1.82, 2.24) is 9.80 Å². The first kappa shape index (κ1) is 11.9. The Morgan fingerprint density at radius 2 is 1.73 bits per heavy atom. The van der Waals surface area contributed by atoms with E-state index in [4.69, 9.17) is 11.5 Å². The van der Waals surface area contributed by atoms with Crippen LogP contribution in [0.15, 0.2) is 23.7 Å². The molecule has 0 aromatic rings. The quantitative estimate of drug-likeness (QED) is 0.703. The van der Waals surface area contributed by atoms with Gasteiger partial charge in [-0.3, -0.25) is 0 Å². The molecule has 0 amide bonds. The maximum Gasteiger partial charge on any atom is 0.0949 e.